The molecular formula is C17H27N3OS. The van der Waals surface area contributed by atoms with Crippen LogP contribution in [-0.4, -0.2) is 38.2 Å². The average Bonchev–Trinajstić information content (AvgIpc) is 3.34. The number of hydrogen-bond donors (Lipinski definition) is 2. The summed E-state index contributed by atoms with van der Waals surface area (Å²) in [6.45, 7) is 4.58. The lowest BCUT2D eigenvalue weighted by molar-refractivity contribution is 0.296. The molecule has 1 aromatic rings. The second-order valence-corrected chi connectivity index (χ2v) is 6.70. The second-order valence-electron chi connectivity index (χ2n) is 5.71. The first-order valence-electron chi connectivity index (χ1n) is 7.88. The van der Waals surface area contributed by atoms with Gasteiger partial charge in [0.25, 0.3) is 0 Å². The lowest BCUT2D eigenvalue weighted by Crippen LogP contribution is -2.38. The van der Waals surface area contributed by atoms with Gasteiger partial charge in [-0.15, -0.1) is 0 Å². The summed E-state index contributed by atoms with van der Waals surface area (Å²) in [6.07, 6.45) is 4.73. The third-order valence-corrected chi connectivity index (χ3v) is 4.28. The molecule has 2 N–H and O–H groups in total. The van der Waals surface area contributed by atoms with Crippen LogP contribution in [0.15, 0.2) is 23.2 Å². The summed E-state index contributed by atoms with van der Waals surface area (Å²) in [5, 5.41) is 6.67. The van der Waals surface area contributed by atoms with Gasteiger partial charge in [-0.25, -0.2) is 0 Å². The van der Waals surface area contributed by atoms with E-state index in [4.69, 9.17) is 4.74 Å². The number of aryl methyl sites for hydroxylation is 1. The van der Waals surface area contributed by atoms with Gasteiger partial charge in [0.15, 0.2) is 5.96 Å². The topological polar surface area (TPSA) is 45.7 Å². The molecule has 0 spiro atoms. The molecule has 0 saturated heterocycles. The number of ether oxygens (including phenoxy) is 1. The van der Waals surface area contributed by atoms with E-state index in [1.807, 2.05) is 11.8 Å². The largest absolute Gasteiger partial charge is 0.493 e. The first kappa shape index (κ1) is 17.0. The van der Waals surface area contributed by atoms with E-state index in [2.05, 4.69) is 47.0 Å². The van der Waals surface area contributed by atoms with E-state index in [-0.39, 0.29) is 0 Å². The van der Waals surface area contributed by atoms with Crippen molar-refractivity contribution in [3.05, 3.63) is 29.3 Å². The first-order chi connectivity index (χ1) is 10.7. The fourth-order valence-corrected chi connectivity index (χ4v) is 2.41. The minimum Gasteiger partial charge on any atom is -0.493 e. The molecule has 1 saturated carbocycles. The number of guanidine groups is 1. The van der Waals surface area contributed by atoms with Crippen molar-refractivity contribution in [2.75, 3.05) is 32.2 Å². The van der Waals surface area contributed by atoms with Crippen LogP contribution in [0.1, 0.15) is 24.0 Å². The third-order valence-electron chi connectivity index (χ3n) is 3.66. The van der Waals surface area contributed by atoms with Crippen LogP contribution in [-0.2, 0) is 6.54 Å². The molecule has 0 amide bonds. The van der Waals surface area contributed by atoms with Crippen molar-refractivity contribution in [2.24, 2.45) is 10.9 Å². The van der Waals surface area contributed by atoms with Gasteiger partial charge in [-0.3, -0.25) is 4.99 Å². The first-order valence-corrected chi connectivity index (χ1v) is 9.28. The summed E-state index contributed by atoms with van der Waals surface area (Å²) in [5.41, 5.74) is 2.41. The van der Waals surface area contributed by atoms with Crippen LogP contribution >= 0.6 is 11.8 Å². The van der Waals surface area contributed by atoms with Crippen LogP contribution in [0.2, 0.25) is 0 Å². The molecule has 4 nitrogen and oxygen atoms in total. The normalized spacial score (nSPS) is 14.8. The Kier molecular flexibility index (Phi) is 6.90. The highest BCUT2D eigenvalue weighted by Gasteiger charge is 2.22. The number of rotatable bonds is 8. The molecule has 0 aromatic heterocycles. The Hall–Kier alpha value is -1.36. The fourth-order valence-electron chi connectivity index (χ4n) is 2.11. The van der Waals surface area contributed by atoms with Crippen molar-refractivity contribution in [3.63, 3.8) is 0 Å². The maximum absolute atomic E-state index is 6.00. The number of nitrogens with zero attached hydrogens (tertiary/aromatic N) is 1. The van der Waals surface area contributed by atoms with Crippen molar-refractivity contribution in [2.45, 2.75) is 26.3 Å². The Morgan fingerprint density at radius 2 is 2.18 bits per heavy atom. The minimum absolute atomic E-state index is 0.721. The number of thioether (sulfide) groups is 1. The molecular weight excluding hydrogens is 294 g/mol. The van der Waals surface area contributed by atoms with Gasteiger partial charge in [-0.2, -0.15) is 11.8 Å². The summed E-state index contributed by atoms with van der Waals surface area (Å²) in [7, 11) is 1.80. The van der Waals surface area contributed by atoms with Crippen LogP contribution in [0, 0.1) is 12.8 Å². The highest BCUT2D eigenvalue weighted by molar-refractivity contribution is 7.98. The second kappa shape index (κ2) is 8.93. The smallest absolute Gasteiger partial charge is 0.191 e. The van der Waals surface area contributed by atoms with Crippen molar-refractivity contribution in [1.82, 2.24) is 10.6 Å². The predicted molar refractivity (Wildman–Crippen MR) is 96.0 cm³/mol. The molecule has 1 aliphatic carbocycles. The van der Waals surface area contributed by atoms with E-state index in [1.165, 1.54) is 24.0 Å². The van der Waals surface area contributed by atoms with E-state index in [0.29, 0.717) is 0 Å². The van der Waals surface area contributed by atoms with E-state index in [1.54, 1.807) is 7.05 Å². The summed E-state index contributed by atoms with van der Waals surface area (Å²) >= 11 is 1.82. The van der Waals surface area contributed by atoms with Gasteiger partial charge in [-0.1, -0.05) is 12.1 Å². The van der Waals surface area contributed by atoms with Crippen LogP contribution in [0.25, 0.3) is 0 Å². The molecule has 0 atom stereocenters. The van der Waals surface area contributed by atoms with Gasteiger partial charge in [0.2, 0.25) is 0 Å². The molecule has 122 valence electrons. The molecule has 0 unspecified atom stereocenters. The van der Waals surface area contributed by atoms with Crippen molar-refractivity contribution >= 4 is 17.7 Å². The summed E-state index contributed by atoms with van der Waals surface area (Å²) in [6, 6.07) is 6.40. The molecule has 0 aliphatic heterocycles. The lowest BCUT2D eigenvalue weighted by atomic mass is 10.1. The Labute approximate surface area is 138 Å². The molecule has 0 heterocycles. The number of hydrogen-bond acceptors (Lipinski definition) is 3. The Balaban J connectivity index is 1.89. The summed E-state index contributed by atoms with van der Waals surface area (Å²) < 4.78 is 6.00. The zero-order valence-corrected chi connectivity index (χ0v) is 14.6. The molecule has 0 radical (unpaired) electrons. The van der Waals surface area contributed by atoms with Gasteiger partial charge in [0, 0.05) is 31.5 Å². The van der Waals surface area contributed by atoms with Crippen LogP contribution < -0.4 is 15.4 Å². The van der Waals surface area contributed by atoms with E-state index in [0.717, 1.165) is 43.1 Å². The highest BCUT2D eigenvalue weighted by Crippen LogP contribution is 2.30. The zero-order chi connectivity index (χ0) is 15.8. The van der Waals surface area contributed by atoms with Gasteiger partial charge in [-0.05, 0) is 43.6 Å². The van der Waals surface area contributed by atoms with E-state index < -0.39 is 0 Å². The van der Waals surface area contributed by atoms with E-state index in [9.17, 15) is 0 Å². The predicted octanol–water partition coefficient (Wildman–Crippen LogP) is 2.81. The van der Waals surface area contributed by atoms with Crippen LogP contribution in [0.4, 0.5) is 0 Å². The minimum atomic E-state index is 0.721. The van der Waals surface area contributed by atoms with Crippen molar-refractivity contribution in [1.29, 1.82) is 0 Å². The van der Waals surface area contributed by atoms with Crippen molar-refractivity contribution in [3.8, 4) is 5.75 Å². The summed E-state index contributed by atoms with van der Waals surface area (Å²) in [5.74, 6) is 3.67. The molecule has 5 heteroatoms. The average molecular weight is 321 g/mol. The van der Waals surface area contributed by atoms with Gasteiger partial charge >= 0.3 is 0 Å². The Morgan fingerprint density at radius 1 is 1.36 bits per heavy atom. The van der Waals surface area contributed by atoms with Gasteiger partial charge < -0.3 is 15.4 Å². The number of aliphatic imine (C=N–C) groups is 1. The standard InChI is InChI=1S/C17H27N3OS/c1-13-4-7-15(16(10-13)21-12-14-5-6-14)11-20-17(18-2)19-8-9-22-3/h4,7,10,14H,5-6,8-9,11-12H2,1-3H3,(H2,18,19,20). The van der Waals surface area contributed by atoms with Gasteiger partial charge in [0.05, 0.1) is 6.61 Å². The van der Waals surface area contributed by atoms with Gasteiger partial charge in [0.1, 0.15) is 5.75 Å². The number of nitrogens with one attached hydrogen (secondary N) is 2. The maximum Gasteiger partial charge on any atom is 0.191 e. The SMILES string of the molecule is CN=C(NCCSC)NCc1ccc(C)cc1OCC1CC1. The highest BCUT2D eigenvalue weighted by atomic mass is 32.2. The Bertz CT molecular complexity index is 501. The lowest BCUT2D eigenvalue weighted by Gasteiger charge is -2.15. The van der Waals surface area contributed by atoms with Crippen LogP contribution in [0.3, 0.4) is 0 Å². The van der Waals surface area contributed by atoms with E-state index >= 15 is 0 Å². The molecule has 0 bridgehead atoms. The zero-order valence-electron chi connectivity index (χ0n) is 13.8. The van der Waals surface area contributed by atoms with Crippen molar-refractivity contribution < 1.29 is 4.74 Å². The molecule has 1 aliphatic rings. The molecule has 22 heavy (non-hydrogen) atoms. The maximum atomic E-state index is 6.00. The quantitative estimate of drug-likeness (QED) is 0.439. The fraction of sp³-hybridized carbons (Fsp3) is 0.588. The Morgan fingerprint density at radius 3 is 2.86 bits per heavy atom. The molecule has 2 rings (SSSR count). The molecule has 1 fully saturated rings. The monoisotopic (exact) mass is 321 g/mol. The molecule has 1 aromatic carbocycles. The summed E-state index contributed by atoms with van der Waals surface area (Å²) in [4.78, 5) is 4.25. The van der Waals surface area contributed by atoms with Crippen LogP contribution in [0.5, 0.6) is 5.75 Å². The number of benzene rings is 1. The third kappa shape index (κ3) is 5.79.